The molecule has 0 aliphatic heterocycles. The monoisotopic (exact) mass is 149 g/mol. The fraction of sp³-hybridized carbons (Fsp3) is 1.00. The lowest BCUT2D eigenvalue weighted by atomic mass is 10.9. The van der Waals surface area contributed by atoms with Crippen LogP contribution in [0.15, 0.2) is 0 Å². The van der Waals surface area contributed by atoms with Crippen molar-refractivity contribution < 1.29 is 13.6 Å². The van der Waals surface area contributed by atoms with Crippen LogP contribution in [0, 0.1) is 0 Å². The van der Waals surface area contributed by atoms with Crippen molar-refractivity contribution in [2.45, 2.75) is 20.4 Å². The van der Waals surface area contributed by atoms with E-state index in [-0.39, 0.29) is 0 Å². The van der Waals surface area contributed by atoms with Crippen molar-refractivity contribution in [2.75, 3.05) is 13.2 Å². The third kappa shape index (κ3) is 4.59. The van der Waals surface area contributed by atoms with Crippen molar-refractivity contribution in [1.29, 1.82) is 0 Å². The summed E-state index contributed by atoms with van der Waals surface area (Å²) in [6.45, 7) is 5.99. The molecule has 0 spiro atoms. The van der Waals surface area contributed by atoms with Crippen molar-refractivity contribution in [1.82, 2.24) is 0 Å². The van der Waals surface area contributed by atoms with E-state index in [1.807, 2.05) is 0 Å². The van der Waals surface area contributed by atoms with E-state index in [1.54, 1.807) is 13.8 Å². The van der Waals surface area contributed by atoms with Crippen molar-refractivity contribution in [3.8, 4) is 0 Å². The first-order valence-corrected chi connectivity index (χ1v) is 5.33. The molecule has 9 heavy (non-hydrogen) atoms. The lowest BCUT2D eigenvalue weighted by molar-refractivity contribution is 0.0891. The van der Waals surface area contributed by atoms with Crippen molar-refractivity contribution in [2.24, 2.45) is 0 Å². The first-order valence-electron chi connectivity index (χ1n) is 3.10. The van der Waals surface area contributed by atoms with Gasteiger partial charge in [-0.15, -0.1) is 0 Å². The highest BCUT2D eigenvalue weighted by Gasteiger charge is 2.30. The first kappa shape index (κ1) is 9.10. The smallest absolute Gasteiger partial charge is 0.373 e. The zero-order valence-corrected chi connectivity index (χ0v) is 7.14. The van der Waals surface area contributed by atoms with Crippen molar-refractivity contribution >= 4 is 8.80 Å². The van der Waals surface area contributed by atoms with E-state index in [2.05, 4.69) is 0 Å². The summed E-state index contributed by atoms with van der Waals surface area (Å²) in [4.78, 5) is 11.0. The Morgan fingerprint density at radius 3 is 1.78 bits per heavy atom. The summed E-state index contributed by atoms with van der Waals surface area (Å²) >= 11 is 0. The SMILES string of the molecule is CCO[Si](C)([O])OCC. The number of hydrogen-bond donors (Lipinski definition) is 0. The van der Waals surface area contributed by atoms with Gasteiger partial charge in [-0.3, -0.25) is 0 Å². The molecule has 0 saturated heterocycles. The quantitative estimate of drug-likeness (QED) is 0.560. The van der Waals surface area contributed by atoms with Crippen LogP contribution in [0.1, 0.15) is 13.8 Å². The summed E-state index contributed by atoms with van der Waals surface area (Å²) in [5, 5.41) is 0. The Morgan fingerprint density at radius 2 is 1.56 bits per heavy atom. The second-order valence-corrected chi connectivity index (χ2v) is 4.03. The van der Waals surface area contributed by atoms with Crippen LogP contribution in [-0.2, 0) is 13.6 Å². The van der Waals surface area contributed by atoms with Crippen LogP contribution < -0.4 is 0 Å². The van der Waals surface area contributed by atoms with Gasteiger partial charge in [0.25, 0.3) is 0 Å². The Balaban J connectivity index is 3.43. The molecular weight excluding hydrogens is 136 g/mol. The van der Waals surface area contributed by atoms with E-state index in [4.69, 9.17) is 8.85 Å². The van der Waals surface area contributed by atoms with E-state index in [0.717, 1.165) is 0 Å². The molecule has 4 heteroatoms. The maximum atomic E-state index is 11.0. The minimum Gasteiger partial charge on any atom is -0.373 e. The Bertz CT molecular complexity index is 66.6. The van der Waals surface area contributed by atoms with Gasteiger partial charge in [-0.2, -0.15) is 0 Å². The average molecular weight is 149 g/mol. The molecule has 0 rings (SSSR count). The van der Waals surface area contributed by atoms with Gasteiger partial charge in [0.05, 0.1) is 0 Å². The molecule has 0 aromatic carbocycles. The molecule has 55 valence electrons. The van der Waals surface area contributed by atoms with Gasteiger partial charge in [0.15, 0.2) is 0 Å². The third-order valence-corrected chi connectivity index (χ3v) is 2.44. The average Bonchev–Trinajstić information content (AvgIpc) is 1.64. The Hall–Kier alpha value is 0.0969. The van der Waals surface area contributed by atoms with Gasteiger partial charge < -0.3 is 8.85 Å². The fourth-order valence-electron chi connectivity index (χ4n) is 0.566. The molecule has 1 radical (unpaired) electrons. The van der Waals surface area contributed by atoms with Gasteiger partial charge in [0.2, 0.25) is 0 Å². The molecule has 3 nitrogen and oxygen atoms in total. The summed E-state index contributed by atoms with van der Waals surface area (Å²) < 4.78 is 9.66. The summed E-state index contributed by atoms with van der Waals surface area (Å²) in [7, 11) is -2.95. The van der Waals surface area contributed by atoms with Crippen molar-refractivity contribution in [3.05, 3.63) is 0 Å². The van der Waals surface area contributed by atoms with Crippen molar-refractivity contribution in [3.63, 3.8) is 0 Å². The van der Waals surface area contributed by atoms with Crippen LogP contribution in [0.3, 0.4) is 0 Å². The molecule has 0 heterocycles. The van der Waals surface area contributed by atoms with Gasteiger partial charge in [-0.05, 0) is 13.8 Å². The lowest BCUT2D eigenvalue weighted by Crippen LogP contribution is -2.37. The molecule has 0 amide bonds. The first-order chi connectivity index (χ1) is 4.12. The molecule has 0 aromatic rings. The summed E-state index contributed by atoms with van der Waals surface area (Å²) in [6, 6.07) is 0. The molecule has 0 saturated carbocycles. The maximum Gasteiger partial charge on any atom is 0.525 e. The minimum absolute atomic E-state index is 0.451. The molecule has 0 atom stereocenters. The molecular formula is C5H13O3Si. The van der Waals surface area contributed by atoms with Gasteiger partial charge in [-0.25, -0.2) is 4.80 Å². The fourth-order valence-corrected chi connectivity index (χ4v) is 1.70. The number of hydrogen-bond acceptors (Lipinski definition) is 2. The highest BCUT2D eigenvalue weighted by atomic mass is 28.4. The summed E-state index contributed by atoms with van der Waals surface area (Å²) in [5.74, 6) is 0. The topological polar surface area (TPSA) is 38.4 Å². The van der Waals surface area contributed by atoms with E-state index in [9.17, 15) is 4.80 Å². The predicted molar refractivity (Wildman–Crippen MR) is 35.6 cm³/mol. The standard InChI is InChI=1S/C5H13O3Si/c1-4-7-9(3,6)8-5-2/h4-5H2,1-3H3. The molecule has 0 unspecified atom stereocenters. The Kier molecular flexibility index (Phi) is 4.04. The molecule has 0 aliphatic rings. The molecule has 0 aliphatic carbocycles. The predicted octanol–water partition coefficient (Wildman–Crippen LogP) is 1.06. The van der Waals surface area contributed by atoms with Crippen LogP contribution >= 0.6 is 0 Å². The second kappa shape index (κ2) is 4.00. The second-order valence-electron chi connectivity index (χ2n) is 1.73. The normalized spacial score (nSPS) is 12.0. The van der Waals surface area contributed by atoms with E-state index >= 15 is 0 Å². The lowest BCUT2D eigenvalue weighted by Gasteiger charge is -2.14. The molecule has 0 bridgehead atoms. The molecule has 0 fully saturated rings. The highest BCUT2D eigenvalue weighted by molar-refractivity contribution is 6.57. The van der Waals surface area contributed by atoms with Crippen LogP contribution in [0.2, 0.25) is 6.55 Å². The zero-order valence-electron chi connectivity index (χ0n) is 6.14. The summed E-state index contributed by atoms with van der Waals surface area (Å²) in [6.07, 6.45) is 0. The summed E-state index contributed by atoms with van der Waals surface area (Å²) in [5.41, 5.74) is 0. The highest BCUT2D eigenvalue weighted by Crippen LogP contribution is 2.01. The third-order valence-electron chi connectivity index (χ3n) is 0.813. The zero-order chi connectivity index (χ0) is 7.33. The minimum atomic E-state index is -2.95. The van der Waals surface area contributed by atoms with Gasteiger partial charge >= 0.3 is 8.80 Å². The number of rotatable bonds is 4. The van der Waals surface area contributed by atoms with Crippen LogP contribution in [-0.4, -0.2) is 22.0 Å². The molecule has 0 N–H and O–H groups in total. The largest absolute Gasteiger partial charge is 0.525 e. The van der Waals surface area contributed by atoms with Gasteiger partial charge in [0.1, 0.15) is 0 Å². The van der Waals surface area contributed by atoms with Crippen LogP contribution in [0.25, 0.3) is 0 Å². The Labute approximate surface area is 57.0 Å². The van der Waals surface area contributed by atoms with E-state index in [0.29, 0.717) is 13.2 Å². The van der Waals surface area contributed by atoms with E-state index < -0.39 is 8.80 Å². The maximum absolute atomic E-state index is 11.0. The van der Waals surface area contributed by atoms with Crippen LogP contribution in [0.5, 0.6) is 0 Å². The van der Waals surface area contributed by atoms with E-state index in [1.165, 1.54) is 6.55 Å². The van der Waals surface area contributed by atoms with Gasteiger partial charge in [0, 0.05) is 19.8 Å². The molecule has 0 aromatic heterocycles. The Morgan fingerprint density at radius 1 is 1.22 bits per heavy atom. The van der Waals surface area contributed by atoms with Gasteiger partial charge in [-0.1, -0.05) is 0 Å². The van der Waals surface area contributed by atoms with Crippen LogP contribution in [0.4, 0.5) is 0 Å².